The van der Waals surface area contributed by atoms with E-state index < -0.39 is 0 Å². The Kier molecular flexibility index (Phi) is 11.5. The highest BCUT2D eigenvalue weighted by atomic mass is 35.5. The maximum atomic E-state index is 12.2. The number of ether oxygens (including phenoxy) is 1. The number of thiazole rings is 1. The van der Waals surface area contributed by atoms with Crippen LogP contribution in [0.2, 0.25) is 0 Å². The molecule has 0 saturated heterocycles. The van der Waals surface area contributed by atoms with E-state index in [1.807, 2.05) is 25.1 Å². The summed E-state index contributed by atoms with van der Waals surface area (Å²) >= 11 is 1.37. The number of pyridine rings is 1. The van der Waals surface area contributed by atoms with Gasteiger partial charge >= 0.3 is 0 Å². The highest BCUT2D eigenvalue weighted by Crippen LogP contribution is 2.26. The molecular weight excluding hydrogens is 371 g/mol. The van der Waals surface area contributed by atoms with Gasteiger partial charge in [-0.1, -0.05) is 6.07 Å². The van der Waals surface area contributed by atoms with E-state index >= 15 is 0 Å². The zero-order chi connectivity index (χ0) is 15.8. The Morgan fingerprint density at radius 1 is 1.25 bits per heavy atom. The first-order valence-electron chi connectivity index (χ1n) is 7.09. The topological polar surface area (TPSA) is 76.1 Å². The number of amides is 1. The maximum Gasteiger partial charge on any atom is 0.263 e. The molecule has 0 aliphatic rings. The minimum atomic E-state index is -0.0919. The van der Waals surface area contributed by atoms with E-state index in [0.29, 0.717) is 24.6 Å². The van der Waals surface area contributed by atoms with Gasteiger partial charge in [-0.3, -0.25) is 9.78 Å². The first-order valence-corrected chi connectivity index (χ1v) is 7.90. The summed E-state index contributed by atoms with van der Waals surface area (Å²) < 4.78 is 4.94. The van der Waals surface area contributed by atoms with Gasteiger partial charge in [-0.2, -0.15) is 0 Å². The van der Waals surface area contributed by atoms with E-state index in [1.54, 1.807) is 13.3 Å². The van der Waals surface area contributed by atoms with Gasteiger partial charge in [-0.05, 0) is 19.1 Å². The van der Waals surface area contributed by atoms with Crippen LogP contribution in [-0.4, -0.2) is 49.2 Å². The van der Waals surface area contributed by atoms with E-state index in [9.17, 15) is 4.79 Å². The molecule has 2 N–H and O–H groups in total. The lowest BCUT2D eigenvalue weighted by Gasteiger charge is -2.05. The quantitative estimate of drug-likeness (QED) is 0.674. The van der Waals surface area contributed by atoms with Gasteiger partial charge in [-0.15, -0.1) is 36.2 Å². The number of methoxy groups -OCH3 is 1. The van der Waals surface area contributed by atoms with Crippen molar-refractivity contribution in [3.8, 4) is 10.7 Å². The zero-order valence-corrected chi connectivity index (χ0v) is 16.0. The van der Waals surface area contributed by atoms with Crippen LogP contribution < -0.4 is 10.6 Å². The molecule has 0 unspecified atom stereocenters. The number of carbonyl (C=O) groups excluding carboxylic acids is 1. The molecule has 0 atom stereocenters. The van der Waals surface area contributed by atoms with Crippen molar-refractivity contribution in [1.29, 1.82) is 0 Å². The van der Waals surface area contributed by atoms with E-state index in [0.717, 1.165) is 22.9 Å². The van der Waals surface area contributed by atoms with Gasteiger partial charge in [0.2, 0.25) is 0 Å². The molecule has 6 nitrogen and oxygen atoms in total. The van der Waals surface area contributed by atoms with E-state index in [2.05, 4.69) is 20.6 Å². The van der Waals surface area contributed by atoms with Crippen molar-refractivity contribution in [3.05, 3.63) is 35.0 Å². The Labute approximate surface area is 158 Å². The Hall–Kier alpha value is -1.25. The van der Waals surface area contributed by atoms with Crippen LogP contribution in [-0.2, 0) is 4.74 Å². The summed E-state index contributed by atoms with van der Waals surface area (Å²) in [5, 5.41) is 6.83. The lowest BCUT2D eigenvalue weighted by molar-refractivity contribution is 0.0957. The van der Waals surface area contributed by atoms with Crippen LogP contribution in [0.1, 0.15) is 15.4 Å². The van der Waals surface area contributed by atoms with E-state index in [1.165, 1.54) is 11.3 Å². The number of nitrogens with one attached hydrogen (secondary N) is 2. The first kappa shape index (κ1) is 22.8. The number of aromatic nitrogens is 2. The van der Waals surface area contributed by atoms with Gasteiger partial charge in [-0.25, -0.2) is 4.98 Å². The van der Waals surface area contributed by atoms with E-state index in [-0.39, 0.29) is 30.7 Å². The van der Waals surface area contributed by atoms with Crippen molar-refractivity contribution in [2.24, 2.45) is 0 Å². The van der Waals surface area contributed by atoms with Crippen LogP contribution in [0.5, 0.6) is 0 Å². The second kappa shape index (κ2) is 12.2. The van der Waals surface area contributed by atoms with Gasteiger partial charge in [0, 0.05) is 32.9 Å². The molecule has 0 radical (unpaired) electrons. The van der Waals surface area contributed by atoms with E-state index in [4.69, 9.17) is 4.74 Å². The standard InChI is InChI=1S/C15H20N4O2S.2ClH/c1-11-13(14(20)18-8-7-16-9-10-21-2)22-15(19-11)12-5-3-4-6-17-12;;/h3-6,16H,7-10H2,1-2H3,(H,18,20);2*1H. The molecule has 0 aliphatic heterocycles. The van der Waals surface area contributed by atoms with Gasteiger partial charge < -0.3 is 15.4 Å². The Morgan fingerprint density at radius 2 is 2.04 bits per heavy atom. The molecule has 9 heteroatoms. The third-order valence-corrected chi connectivity index (χ3v) is 4.14. The van der Waals surface area contributed by atoms with Crippen molar-refractivity contribution in [2.75, 3.05) is 33.4 Å². The monoisotopic (exact) mass is 392 g/mol. The third-order valence-electron chi connectivity index (χ3n) is 2.96. The second-order valence-corrected chi connectivity index (χ2v) is 5.65. The maximum absolute atomic E-state index is 12.2. The van der Waals surface area contributed by atoms with Crippen LogP contribution in [0.3, 0.4) is 0 Å². The first-order chi connectivity index (χ1) is 10.7. The number of carbonyl (C=O) groups is 1. The summed E-state index contributed by atoms with van der Waals surface area (Å²) in [6.45, 7) is 4.55. The fraction of sp³-hybridized carbons (Fsp3) is 0.400. The van der Waals surface area contributed by atoms with Gasteiger partial charge in [0.05, 0.1) is 18.0 Å². The average molecular weight is 393 g/mol. The van der Waals surface area contributed by atoms with Crippen LogP contribution in [0.15, 0.2) is 24.4 Å². The molecule has 0 bridgehead atoms. The van der Waals surface area contributed by atoms with Crippen LogP contribution >= 0.6 is 36.2 Å². The summed E-state index contributed by atoms with van der Waals surface area (Å²) in [5.41, 5.74) is 1.52. The number of nitrogens with zero attached hydrogens (tertiary/aromatic N) is 2. The van der Waals surface area contributed by atoms with Crippen LogP contribution in [0.4, 0.5) is 0 Å². The Bertz CT molecular complexity index is 611. The summed E-state index contributed by atoms with van der Waals surface area (Å²) in [4.78, 5) is 21.5. The smallest absolute Gasteiger partial charge is 0.263 e. The third kappa shape index (κ3) is 6.70. The van der Waals surface area contributed by atoms with Crippen molar-refractivity contribution in [1.82, 2.24) is 20.6 Å². The van der Waals surface area contributed by atoms with Gasteiger partial charge in [0.1, 0.15) is 9.88 Å². The molecule has 2 aromatic rings. The Balaban J connectivity index is 0.00000264. The molecule has 2 rings (SSSR count). The molecule has 0 saturated carbocycles. The predicted octanol–water partition coefficient (Wildman–Crippen LogP) is 2.32. The summed E-state index contributed by atoms with van der Waals surface area (Å²) in [7, 11) is 1.66. The molecule has 24 heavy (non-hydrogen) atoms. The fourth-order valence-corrected chi connectivity index (χ4v) is 2.81. The van der Waals surface area contributed by atoms with Gasteiger partial charge in [0.15, 0.2) is 0 Å². The largest absolute Gasteiger partial charge is 0.383 e. The predicted molar refractivity (Wildman–Crippen MR) is 102 cm³/mol. The molecule has 134 valence electrons. The molecular formula is C15H22Cl2N4O2S. The minimum absolute atomic E-state index is 0. The lowest BCUT2D eigenvalue weighted by atomic mass is 10.3. The minimum Gasteiger partial charge on any atom is -0.383 e. The second-order valence-electron chi connectivity index (χ2n) is 4.65. The summed E-state index contributed by atoms with van der Waals surface area (Å²) in [5.74, 6) is -0.0919. The number of aryl methyl sites for hydroxylation is 1. The summed E-state index contributed by atoms with van der Waals surface area (Å²) in [6, 6.07) is 5.65. The highest BCUT2D eigenvalue weighted by Gasteiger charge is 2.16. The average Bonchev–Trinajstić information content (AvgIpc) is 2.93. The molecule has 0 aromatic carbocycles. The van der Waals surface area contributed by atoms with Crippen LogP contribution in [0.25, 0.3) is 10.7 Å². The molecule has 0 spiro atoms. The lowest BCUT2D eigenvalue weighted by Crippen LogP contribution is -2.33. The zero-order valence-electron chi connectivity index (χ0n) is 13.6. The number of halogens is 2. The molecule has 2 aromatic heterocycles. The van der Waals surface area contributed by atoms with Crippen molar-refractivity contribution in [2.45, 2.75) is 6.92 Å². The molecule has 1 amide bonds. The fourth-order valence-electron chi connectivity index (χ4n) is 1.85. The normalized spacial score (nSPS) is 9.75. The number of rotatable bonds is 8. The SMILES string of the molecule is COCCNCCNC(=O)c1sc(-c2ccccn2)nc1C.Cl.Cl. The highest BCUT2D eigenvalue weighted by molar-refractivity contribution is 7.17. The van der Waals surface area contributed by atoms with Crippen molar-refractivity contribution >= 4 is 42.1 Å². The van der Waals surface area contributed by atoms with Crippen molar-refractivity contribution in [3.63, 3.8) is 0 Å². The number of hydrogen-bond acceptors (Lipinski definition) is 6. The van der Waals surface area contributed by atoms with Crippen LogP contribution in [0, 0.1) is 6.92 Å². The molecule has 0 aliphatic carbocycles. The summed E-state index contributed by atoms with van der Waals surface area (Å²) in [6.07, 6.45) is 1.72. The number of hydrogen-bond donors (Lipinski definition) is 2. The van der Waals surface area contributed by atoms with Crippen molar-refractivity contribution < 1.29 is 9.53 Å². The molecule has 2 heterocycles. The van der Waals surface area contributed by atoms with Gasteiger partial charge in [0.25, 0.3) is 5.91 Å². The molecule has 0 fully saturated rings. The Morgan fingerprint density at radius 3 is 2.71 bits per heavy atom.